The molecule has 26 heavy (non-hydrogen) atoms. The Hall–Kier alpha value is -1.64. The van der Waals surface area contributed by atoms with Crippen molar-refractivity contribution in [1.29, 1.82) is 0 Å². The third-order valence-corrected chi connectivity index (χ3v) is 4.81. The van der Waals surface area contributed by atoms with E-state index in [9.17, 15) is 17.6 Å². The summed E-state index contributed by atoms with van der Waals surface area (Å²) in [6.07, 6.45) is -4.72. The van der Waals surface area contributed by atoms with Gasteiger partial charge in [0.05, 0.1) is 10.5 Å². The number of rotatable bonds is 4. The zero-order valence-corrected chi connectivity index (χ0v) is 15.3. The minimum atomic E-state index is -4.72. The number of hydrogen-bond donors (Lipinski definition) is 1. The van der Waals surface area contributed by atoms with Crippen LogP contribution in [0.25, 0.3) is 0 Å². The largest absolute Gasteiger partial charge is 0.573 e. The van der Waals surface area contributed by atoms with E-state index >= 15 is 0 Å². The fourth-order valence-corrected chi connectivity index (χ4v) is 3.49. The Bertz CT molecular complexity index is 746. The van der Waals surface area contributed by atoms with Gasteiger partial charge in [-0.25, -0.2) is 4.39 Å². The molecule has 0 amide bonds. The average Bonchev–Trinajstić information content (AvgIpc) is 2.59. The van der Waals surface area contributed by atoms with Crippen molar-refractivity contribution in [3.8, 4) is 5.75 Å². The molecule has 0 bridgehead atoms. The summed E-state index contributed by atoms with van der Waals surface area (Å²) in [5, 5.41) is 3.27. The van der Waals surface area contributed by atoms with Gasteiger partial charge in [0.15, 0.2) is 0 Å². The van der Waals surface area contributed by atoms with Gasteiger partial charge in [0.1, 0.15) is 11.6 Å². The summed E-state index contributed by atoms with van der Waals surface area (Å²) in [5.74, 6) is -0.623. The molecule has 1 fully saturated rings. The molecule has 0 aliphatic carbocycles. The minimum absolute atomic E-state index is 0.186. The van der Waals surface area contributed by atoms with Crippen LogP contribution in [0.4, 0.5) is 17.6 Å². The molecule has 1 atom stereocenters. The molecule has 2 aromatic carbocycles. The number of hydrogen-bond acceptors (Lipinski definition) is 3. The van der Waals surface area contributed by atoms with Gasteiger partial charge in [-0.15, -0.1) is 13.2 Å². The molecule has 0 aromatic heterocycles. The summed E-state index contributed by atoms with van der Waals surface area (Å²) in [4.78, 5) is 2.22. The summed E-state index contributed by atoms with van der Waals surface area (Å²) in [7, 11) is 0. The van der Waals surface area contributed by atoms with Crippen molar-refractivity contribution in [1.82, 2.24) is 10.2 Å². The minimum Gasteiger partial charge on any atom is -0.406 e. The molecule has 3 nitrogen and oxygen atoms in total. The number of alkyl halides is 3. The highest BCUT2D eigenvalue weighted by Gasteiger charge is 2.31. The summed E-state index contributed by atoms with van der Waals surface area (Å²) < 4.78 is 55.0. The van der Waals surface area contributed by atoms with Crippen LogP contribution in [0.1, 0.15) is 17.2 Å². The quantitative estimate of drug-likeness (QED) is 0.720. The van der Waals surface area contributed by atoms with Crippen LogP contribution < -0.4 is 10.1 Å². The Morgan fingerprint density at radius 1 is 1.00 bits per heavy atom. The van der Waals surface area contributed by atoms with E-state index in [1.165, 1.54) is 18.2 Å². The fraction of sp³-hybridized carbons (Fsp3) is 0.333. The maximum absolute atomic E-state index is 13.6. The van der Waals surface area contributed by atoms with Gasteiger partial charge in [0.2, 0.25) is 0 Å². The van der Waals surface area contributed by atoms with Gasteiger partial charge >= 0.3 is 6.36 Å². The second-order valence-electron chi connectivity index (χ2n) is 5.98. The number of piperazine rings is 1. The molecule has 0 unspecified atom stereocenters. The van der Waals surface area contributed by atoms with E-state index in [4.69, 9.17) is 0 Å². The molecule has 1 aliphatic heterocycles. The van der Waals surface area contributed by atoms with Crippen molar-refractivity contribution in [2.75, 3.05) is 26.2 Å². The standard InChI is InChI=1S/C18H17BrF4N2O/c19-15-11-13(3-6-16(15)20)17(25-9-7-24-8-10-25)12-1-4-14(5-2-12)26-18(21,22)23/h1-6,11,17,24H,7-10H2/t17-/m0/s1. The second kappa shape index (κ2) is 7.94. The van der Waals surface area contributed by atoms with Crippen LogP contribution in [0.5, 0.6) is 5.75 Å². The zero-order chi connectivity index (χ0) is 18.7. The first-order valence-electron chi connectivity index (χ1n) is 8.09. The van der Waals surface area contributed by atoms with Gasteiger partial charge in [0.25, 0.3) is 0 Å². The summed E-state index contributed by atoms with van der Waals surface area (Å²) in [6, 6.07) is 10.4. The van der Waals surface area contributed by atoms with Gasteiger partial charge in [-0.2, -0.15) is 0 Å². The smallest absolute Gasteiger partial charge is 0.406 e. The number of halogens is 5. The van der Waals surface area contributed by atoms with Gasteiger partial charge in [-0.05, 0) is 51.3 Å². The molecule has 1 heterocycles. The first-order valence-corrected chi connectivity index (χ1v) is 8.88. The third-order valence-electron chi connectivity index (χ3n) is 4.21. The molecular weight excluding hydrogens is 416 g/mol. The Morgan fingerprint density at radius 3 is 2.19 bits per heavy atom. The van der Waals surface area contributed by atoms with Crippen molar-refractivity contribution < 1.29 is 22.3 Å². The van der Waals surface area contributed by atoms with Crippen LogP contribution in [-0.2, 0) is 0 Å². The molecule has 8 heteroatoms. The van der Waals surface area contributed by atoms with Crippen LogP contribution >= 0.6 is 15.9 Å². The first-order chi connectivity index (χ1) is 12.3. The predicted molar refractivity (Wildman–Crippen MR) is 93.5 cm³/mol. The fourth-order valence-electron chi connectivity index (χ4n) is 3.09. The van der Waals surface area contributed by atoms with Crippen molar-refractivity contribution >= 4 is 15.9 Å². The summed E-state index contributed by atoms with van der Waals surface area (Å²) in [5.41, 5.74) is 1.68. The lowest BCUT2D eigenvalue weighted by Crippen LogP contribution is -2.45. The molecule has 1 N–H and O–H groups in total. The predicted octanol–water partition coefficient (Wildman–Crippen LogP) is 4.48. The molecule has 2 aromatic rings. The highest BCUT2D eigenvalue weighted by atomic mass is 79.9. The lowest BCUT2D eigenvalue weighted by atomic mass is 9.96. The van der Waals surface area contributed by atoms with Crippen LogP contribution in [0.3, 0.4) is 0 Å². The van der Waals surface area contributed by atoms with E-state index in [1.807, 2.05) is 0 Å². The monoisotopic (exact) mass is 432 g/mol. The maximum atomic E-state index is 13.6. The topological polar surface area (TPSA) is 24.5 Å². The van der Waals surface area contributed by atoms with Gasteiger partial charge in [-0.1, -0.05) is 18.2 Å². The van der Waals surface area contributed by atoms with E-state index in [1.54, 1.807) is 24.3 Å². The van der Waals surface area contributed by atoms with Crippen LogP contribution in [-0.4, -0.2) is 37.4 Å². The van der Waals surface area contributed by atoms with E-state index in [0.29, 0.717) is 4.47 Å². The maximum Gasteiger partial charge on any atom is 0.573 e. The number of nitrogens with one attached hydrogen (secondary N) is 1. The molecule has 1 saturated heterocycles. The Kier molecular flexibility index (Phi) is 5.84. The van der Waals surface area contributed by atoms with Crippen molar-refractivity contribution in [2.24, 2.45) is 0 Å². The molecule has 0 saturated carbocycles. The Morgan fingerprint density at radius 2 is 1.62 bits per heavy atom. The molecule has 0 spiro atoms. The van der Waals surface area contributed by atoms with E-state index < -0.39 is 6.36 Å². The molecule has 3 rings (SSSR count). The lowest BCUT2D eigenvalue weighted by Gasteiger charge is -2.35. The van der Waals surface area contributed by atoms with E-state index in [2.05, 4.69) is 30.9 Å². The van der Waals surface area contributed by atoms with Crippen molar-refractivity contribution in [3.05, 3.63) is 63.9 Å². The van der Waals surface area contributed by atoms with Crippen molar-refractivity contribution in [3.63, 3.8) is 0 Å². The highest BCUT2D eigenvalue weighted by Crippen LogP contribution is 2.33. The van der Waals surface area contributed by atoms with E-state index in [-0.39, 0.29) is 17.6 Å². The van der Waals surface area contributed by atoms with Crippen LogP contribution in [0.2, 0.25) is 0 Å². The summed E-state index contributed by atoms with van der Waals surface area (Å²) >= 11 is 3.20. The number of nitrogens with zero attached hydrogens (tertiary/aromatic N) is 1. The number of benzene rings is 2. The first kappa shape index (κ1) is 19.1. The second-order valence-corrected chi connectivity index (χ2v) is 6.83. The molecule has 140 valence electrons. The zero-order valence-electron chi connectivity index (χ0n) is 13.7. The number of ether oxygens (including phenoxy) is 1. The average molecular weight is 433 g/mol. The summed E-state index contributed by atoms with van der Waals surface area (Å²) in [6.45, 7) is 3.18. The molecule has 0 radical (unpaired) electrons. The van der Waals surface area contributed by atoms with Crippen LogP contribution in [0, 0.1) is 5.82 Å². The Labute approximate surface area is 157 Å². The normalized spacial score (nSPS) is 17.1. The molecule has 1 aliphatic rings. The van der Waals surface area contributed by atoms with Gasteiger partial charge < -0.3 is 10.1 Å². The Balaban J connectivity index is 1.93. The van der Waals surface area contributed by atoms with Gasteiger partial charge in [0, 0.05) is 26.2 Å². The van der Waals surface area contributed by atoms with E-state index in [0.717, 1.165) is 37.3 Å². The van der Waals surface area contributed by atoms with Crippen molar-refractivity contribution in [2.45, 2.75) is 12.4 Å². The van der Waals surface area contributed by atoms with Gasteiger partial charge in [-0.3, -0.25) is 4.90 Å². The third kappa shape index (κ3) is 4.75. The lowest BCUT2D eigenvalue weighted by molar-refractivity contribution is -0.274. The highest BCUT2D eigenvalue weighted by molar-refractivity contribution is 9.10. The van der Waals surface area contributed by atoms with Crippen LogP contribution in [0.15, 0.2) is 46.9 Å². The molecular formula is C18H17BrF4N2O. The SMILES string of the molecule is Fc1ccc([C@H](c2ccc(OC(F)(F)F)cc2)N2CCNCC2)cc1Br.